The van der Waals surface area contributed by atoms with E-state index in [1.165, 1.54) is 57.8 Å². The summed E-state index contributed by atoms with van der Waals surface area (Å²) < 4.78 is 0. The molecular weight excluding hydrogens is 252 g/mol. The van der Waals surface area contributed by atoms with Gasteiger partial charge in [0, 0.05) is 6.54 Å². The fourth-order valence-electron chi connectivity index (χ4n) is 2.54. The minimum Gasteiger partial charge on any atom is -0.379 e. The van der Waals surface area contributed by atoms with Crippen LogP contribution in [0.25, 0.3) is 0 Å². The molecule has 4 nitrogen and oxygen atoms in total. The highest BCUT2D eigenvalue weighted by molar-refractivity contribution is 4.59. The molecule has 0 saturated heterocycles. The van der Waals surface area contributed by atoms with Gasteiger partial charge in [0.1, 0.15) is 12.5 Å². The molecule has 0 aliphatic heterocycles. The van der Waals surface area contributed by atoms with Crippen LogP contribution >= 0.6 is 0 Å². The Bertz CT molecular complexity index is 191. The van der Waals surface area contributed by atoms with E-state index in [9.17, 15) is 10.2 Å². The van der Waals surface area contributed by atoms with Crippen molar-refractivity contribution in [2.24, 2.45) is 5.73 Å². The summed E-state index contributed by atoms with van der Waals surface area (Å²) in [6, 6.07) is 0. The first-order chi connectivity index (χ1) is 9.59. The van der Waals surface area contributed by atoms with Gasteiger partial charge in [-0.1, -0.05) is 51.4 Å². The third-order valence-corrected chi connectivity index (χ3v) is 3.83. The first kappa shape index (κ1) is 19.8. The number of nitrogens with two attached hydrogens (primary N) is 1. The highest BCUT2D eigenvalue weighted by atomic mass is 16.3. The Morgan fingerprint density at radius 2 is 1.05 bits per heavy atom. The first-order valence-corrected chi connectivity index (χ1v) is 8.41. The SMILES string of the molecule is CC(O)N(CCCCCCCCCCCCN)C(C)O. The minimum atomic E-state index is -0.566. The lowest BCUT2D eigenvalue weighted by atomic mass is 10.1. The summed E-state index contributed by atoms with van der Waals surface area (Å²) in [5.41, 5.74) is 5.46. The van der Waals surface area contributed by atoms with Gasteiger partial charge in [-0.05, 0) is 33.2 Å². The average molecular weight is 288 g/mol. The molecule has 0 amide bonds. The number of rotatable bonds is 14. The molecule has 0 bridgehead atoms. The number of aliphatic hydroxyl groups excluding tert-OH is 2. The van der Waals surface area contributed by atoms with E-state index in [0.29, 0.717) is 0 Å². The van der Waals surface area contributed by atoms with Gasteiger partial charge in [0.25, 0.3) is 0 Å². The lowest BCUT2D eigenvalue weighted by molar-refractivity contribution is -0.0844. The maximum atomic E-state index is 9.50. The molecule has 0 radical (unpaired) electrons. The van der Waals surface area contributed by atoms with Gasteiger partial charge < -0.3 is 15.9 Å². The Kier molecular flexibility index (Phi) is 13.7. The van der Waals surface area contributed by atoms with E-state index in [0.717, 1.165) is 19.5 Å². The van der Waals surface area contributed by atoms with E-state index in [2.05, 4.69) is 0 Å². The highest BCUT2D eigenvalue weighted by Gasteiger charge is 2.14. The number of hydrogen-bond acceptors (Lipinski definition) is 4. The van der Waals surface area contributed by atoms with E-state index in [1.807, 2.05) is 0 Å². The zero-order valence-corrected chi connectivity index (χ0v) is 13.6. The lowest BCUT2D eigenvalue weighted by Crippen LogP contribution is -2.40. The Hall–Kier alpha value is -0.160. The molecule has 2 atom stereocenters. The van der Waals surface area contributed by atoms with Crippen LogP contribution < -0.4 is 5.73 Å². The molecule has 0 heterocycles. The largest absolute Gasteiger partial charge is 0.379 e. The number of unbranched alkanes of at least 4 members (excludes halogenated alkanes) is 9. The van der Waals surface area contributed by atoms with Crippen LogP contribution in [0.2, 0.25) is 0 Å². The smallest absolute Gasteiger partial charge is 0.106 e. The summed E-state index contributed by atoms with van der Waals surface area (Å²) >= 11 is 0. The Labute approximate surface area is 125 Å². The van der Waals surface area contributed by atoms with Gasteiger partial charge in [-0.25, -0.2) is 0 Å². The van der Waals surface area contributed by atoms with E-state index in [-0.39, 0.29) is 0 Å². The van der Waals surface area contributed by atoms with Crippen molar-refractivity contribution in [3.63, 3.8) is 0 Å². The lowest BCUT2D eigenvalue weighted by Gasteiger charge is -2.27. The normalized spacial score (nSPS) is 14.7. The van der Waals surface area contributed by atoms with Crippen molar-refractivity contribution in [2.45, 2.75) is 90.5 Å². The van der Waals surface area contributed by atoms with Gasteiger partial charge in [-0.3, -0.25) is 4.90 Å². The van der Waals surface area contributed by atoms with Crippen LogP contribution in [0.3, 0.4) is 0 Å². The van der Waals surface area contributed by atoms with Gasteiger partial charge >= 0.3 is 0 Å². The van der Waals surface area contributed by atoms with Gasteiger partial charge in [0.05, 0.1) is 0 Å². The highest BCUT2D eigenvalue weighted by Crippen LogP contribution is 2.11. The molecule has 122 valence electrons. The van der Waals surface area contributed by atoms with Crippen molar-refractivity contribution in [1.82, 2.24) is 4.90 Å². The molecule has 0 aliphatic rings. The third-order valence-electron chi connectivity index (χ3n) is 3.83. The topological polar surface area (TPSA) is 69.7 Å². The van der Waals surface area contributed by atoms with Crippen molar-refractivity contribution in [3.8, 4) is 0 Å². The van der Waals surface area contributed by atoms with Crippen molar-refractivity contribution in [2.75, 3.05) is 13.1 Å². The summed E-state index contributed by atoms with van der Waals surface area (Å²) in [5.74, 6) is 0. The molecule has 0 saturated carbocycles. The summed E-state index contributed by atoms with van der Waals surface area (Å²) in [6.07, 6.45) is 11.5. The van der Waals surface area contributed by atoms with E-state index in [4.69, 9.17) is 5.73 Å². The van der Waals surface area contributed by atoms with Crippen molar-refractivity contribution < 1.29 is 10.2 Å². The zero-order chi connectivity index (χ0) is 15.2. The second-order valence-corrected chi connectivity index (χ2v) is 5.83. The standard InChI is InChI=1S/C16H36N2O2/c1-15(19)18(16(2)20)14-12-10-8-6-4-3-5-7-9-11-13-17/h15-16,19-20H,3-14,17H2,1-2H3. The molecule has 20 heavy (non-hydrogen) atoms. The molecule has 0 rings (SSSR count). The summed E-state index contributed by atoms with van der Waals surface area (Å²) in [5, 5.41) is 19.0. The van der Waals surface area contributed by atoms with E-state index in [1.54, 1.807) is 18.7 Å². The van der Waals surface area contributed by atoms with Crippen LogP contribution in [0.15, 0.2) is 0 Å². The van der Waals surface area contributed by atoms with Crippen molar-refractivity contribution >= 4 is 0 Å². The molecule has 0 aromatic heterocycles. The molecular formula is C16H36N2O2. The van der Waals surface area contributed by atoms with Gasteiger partial charge in [0.15, 0.2) is 0 Å². The van der Waals surface area contributed by atoms with E-state index < -0.39 is 12.5 Å². The van der Waals surface area contributed by atoms with Crippen LogP contribution in [-0.2, 0) is 0 Å². The predicted molar refractivity (Wildman–Crippen MR) is 85.3 cm³/mol. The molecule has 4 N–H and O–H groups in total. The molecule has 0 aliphatic carbocycles. The second-order valence-electron chi connectivity index (χ2n) is 5.83. The van der Waals surface area contributed by atoms with Crippen LogP contribution in [-0.4, -0.2) is 40.7 Å². The number of nitrogens with zero attached hydrogens (tertiary/aromatic N) is 1. The zero-order valence-electron chi connectivity index (χ0n) is 13.6. The molecule has 4 heteroatoms. The van der Waals surface area contributed by atoms with Gasteiger partial charge in [-0.2, -0.15) is 0 Å². The van der Waals surface area contributed by atoms with Crippen LogP contribution in [0, 0.1) is 0 Å². The minimum absolute atomic E-state index is 0.566. The molecule has 0 aromatic carbocycles. The monoisotopic (exact) mass is 288 g/mol. The second kappa shape index (κ2) is 13.8. The predicted octanol–water partition coefficient (Wildman–Crippen LogP) is 2.82. The molecule has 2 unspecified atom stereocenters. The molecule has 0 aromatic rings. The number of hydrogen-bond donors (Lipinski definition) is 3. The molecule has 0 spiro atoms. The summed E-state index contributed by atoms with van der Waals surface area (Å²) in [7, 11) is 0. The van der Waals surface area contributed by atoms with Crippen molar-refractivity contribution in [3.05, 3.63) is 0 Å². The Morgan fingerprint density at radius 3 is 1.40 bits per heavy atom. The van der Waals surface area contributed by atoms with Crippen LogP contribution in [0.1, 0.15) is 78.1 Å². The van der Waals surface area contributed by atoms with Crippen molar-refractivity contribution in [1.29, 1.82) is 0 Å². The van der Waals surface area contributed by atoms with Crippen LogP contribution in [0.4, 0.5) is 0 Å². The third kappa shape index (κ3) is 11.6. The number of aliphatic hydroxyl groups is 2. The van der Waals surface area contributed by atoms with E-state index >= 15 is 0 Å². The Balaban J connectivity index is 3.27. The maximum Gasteiger partial charge on any atom is 0.106 e. The quantitative estimate of drug-likeness (QED) is 0.339. The molecule has 0 fully saturated rings. The first-order valence-electron chi connectivity index (χ1n) is 8.41. The van der Waals surface area contributed by atoms with Crippen LogP contribution in [0.5, 0.6) is 0 Å². The maximum absolute atomic E-state index is 9.50. The Morgan fingerprint density at radius 1 is 0.700 bits per heavy atom. The summed E-state index contributed by atoms with van der Waals surface area (Å²) in [4.78, 5) is 1.72. The van der Waals surface area contributed by atoms with Gasteiger partial charge in [-0.15, -0.1) is 0 Å². The fraction of sp³-hybridized carbons (Fsp3) is 1.00. The van der Waals surface area contributed by atoms with Gasteiger partial charge in [0.2, 0.25) is 0 Å². The summed E-state index contributed by atoms with van der Waals surface area (Å²) in [6.45, 7) is 5.01. The average Bonchev–Trinajstić information content (AvgIpc) is 2.39. The fourth-order valence-corrected chi connectivity index (χ4v) is 2.54.